The van der Waals surface area contributed by atoms with Crippen LogP contribution in [-0.4, -0.2) is 67.1 Å². The number of rotatable bonds is 5. The van der Waals surface area contributed by atoms with Gasteiger partial charge in [0, 0.05) is 40.9 Å². The Hall–Kier alpha value is -3.95. The van der Waals surface area contributed by atoms with Crippen molar-refractivity contribution in [1.82, 2.24) is 35.5 Å². The number of hydrogen-bond acceptors (Lipinski definition) is 9. The average Bonchev–Trinajstić information content (AvgIpc) is 3.62. The molecule has 5 N–H and O–H groups in total. The van der Waals surface area contributed by atoms with E-state index in [-0.39, 0.29) is 23.5 Å². The first-order chi connectivity index (χ1) is 18.9. The van der Waals surface area contributed by atoms with Gasteiger partial charge in [0.2, 0.25) is 0 Å². The third-order valence-corrected chi connectivity index (χ3v) is 6.27. The van der Waals surface area contributed by atoms with Crippen molar-refractivity contribution in [3.05, 3.63) is 40.0 Å². The Balaban J connectivity index is 0.000000470. The number of pyridine rings is 1. The van der Waals surface area contributed by atoms with Gasteiger partial charge in [0.05, 0.1) is 16.8 Å². The highest BCUT2D eigenvalue weighted by Crippen LogP contribution is 2.35. The van der Waals surface area contributed by atoms with Crippen molar-refractivity contribution in [3.8, 4) is 22.8 Å². The van der Waals surface area contributed by atoms with Crippen LogP contribution in [0.2, 0.25) is 10.0 Å². The van der Waals surface area contributed by atoms with Gasteiger partial charge in [0.25, 0.3) is 5.91 Å². The number of nitrogens with one attached hydrogen (secondary N) is 2. The van der Waals surface area contributed by atoms with Gasteiger partial charge in [-0.2, -0.15) is 13.2 Å². The monoisotopic (exact) mass is 600 g/mol. The quantitative estimate of drug-likeness (QED) is 0.264. The Bertz CT molecular complexity index is 1550. The molecule has 1 fully saturated rings. The van der Waals surface area contributed by atoms with Gasteiger partial charge in [-0.15, -0.1) is 0 Å². The first-order valence-corrected chi connectivity index (χ1v) is 12.4. The average molecular weight is 601 g/mol. The number of anilines is 1. The molecule has 1 aliphatic heterocycles. The molecular weight excluding hydrogens is 580 g/mol. The zero-order valence-corrected chi connectivity index (χ0v) is 22.1. The van der Waals surface area contributed by atoms with Crippen molar-refractivity contribution < 1.29 is 32.5 Å². The Labute approximate surface area is 233 Å². The minimum Gasteiger partial charge on any atom is -0.475 e. The Kier molecular flexibility index (Phi) is 8.46. The van der Waals surface area contributed by atoms with Crippen LogP contribution >= 0.6 is 23.2 Å². The number of nitrogens with two attached hydrogens (primary N) is 1. The summed E-state index contributed by atoms with van der Waals surface area (Å²) in [6.45, 7) is 4.01. The Morgan fingerprint density at radius 3 is 2.42 bits per heavy atom. The minimum atomic E-state index is -5.08. The van der Waals surface area contributed by atoms with E-state index in [0.717, 1.165) is 19.5 Å². The molecular formula is C23H21Cl2F3N8O4. The van der Waals surface area contributed by atoms with Gasteiger partial charge in [-0.1, -0.05) is 23.2 Å². The molecule has 1 atom stereocenters. The van der Waals surface area contributed by atoms with Crippen molar-refractivity contribution in [2.45, 2.75) is 32.1 Å². The van der Waals surface area contributed by atoms with Gasteiger partial charge in [0.1, 0.15) is 5.52 Å². The molecule has 0 spiro atoms. The van der Waals surface area contributed by atoms with Crippen molar-refractivity contribution in [2.75, 3.05) is 18.8 Å². The second kappa shape index (κ2) is 11.7. The number of nitrogen functional groups attached to an aromatic ring is 1. The number of carboxylic acid groups (broad SMARTS) is 1. The van der Waals surface area contributed by atoms with Crippen LogP contribution in [0.5, 0.6) is 0 Å². The fourth-order valence-electron chi connectivity index (χ4n) is 4.09. The number of fused-ring (bicyclic) bond motifs is 1. The molecule has 0 radical (unpaired) electrons. The summed E-state index contributed by atoms with van der Waals surface area (Å²) < 4.78 is 38.4. The fraction of sp³-hybridized carbons (Fsp3) is 0.304. The molecule has 40 heavy (non-hydrogen) atoms. The number of halogens is 5. The van der Waals surface area contributed by atoms with Crippen molar-refractivity contribution in [3.63, 3.8) is 0 Å². The highest BCUT2D eigenvalue weighted by atomic mass is 35.5. The summed E-state index contributed by atoms with van der Waals surface area (Å²) in [5, 5.41) is 22.0. The van der Waals surface area contributed by atoms with Crippen LogP contribution in [0.3, 0.4) is 0 Å². The van der Waals surface area contributed by atoms with Gasteiger partial charge < -0.3 is 26.0 Å². The van der Waals surface area contributed by atoms with Crippen LogP contribution in [-0.2, 0) is 11.3 Å². The number of aryl methyl sites for hydroxylation is 1. The number of aromatic nitrogens is 5. The van der Waals surface area contributed by atoms with E-state index in [2.05, 4.69) is 25.9 Å². The topological polar surface area (TPSA) is 174 Å². The molecule has 17 heteroatoms. The van der Waals surface area contributed by atoms with Gasteiger partial charge in [-0.25, -0.2) is 14.4 Å². The number of hydrogen-bond donors (Lipinski definition) is 4. The Morgan fingerprint density at radius 1 is 1.23 bits per heavy atom. The lowest BCUT2D eigenvalue weighted by Crippen LogP contribution is -2.36. The number of carboxylic acids is 1. The molecule has 5 rings (SSSR count). The second-order valence-corrected chi connectivity index (χ2v) is 9.39. The van der Waals surface area contributed by atoms with E-state index < -0.39 is 12.1 Å². The predicted octanol–water partition coefficient (Wildman–Crippen LogP) is 3.78. The minimum absolute atomic E-state index is 0.0480. The van der Waals surface area contributed by atoms with Crippen LogP contribution in [0.25, 0.3) is 33.8 Å². The summed E-state index contributed by atoms with van der Waals surface area (Å²) >= 11 is 12.5. The molecule has 1 amide bonds. The molecule has 12 nitrogen and oxygen atoms in total. The molecule has 1 aliphatic rings. The zero-order chi connectivity index (χ0) is 29.2. The lowest BCUT2D eigenvalue weighted by molar-refractivity contribution is -0.192. The molecule has 4 aromatic rings. The largest absolute Gasteiger partial charge is 0.490 e. The standard InChI is InChI=1S/C21H20Cl2N8O2.C2HF3O2/c1-2-31-18-14(21(32)27-13-3-4-25-8-13)9-26-15(10-5-11(22)7-12(23)6-10)16(18)28-20(31)17-19(24)30-33-29-17;3-2(4,5)1(6)7/h5-7,9,13,25H,2-4,8H2,1H3,(H2,24,30)(H,27,32);(H,6,7). The number of benzene rings is 1. The molecule has 0 saturated carbocycles. The molecule has 4 heterocycles. The maximum Gasteiger partial charge on any atom is 0.490 e. The van der Waals surface area contributed by atoms with E-state index in [1.807, 2.05) is 11.5 Å². The summed E-state index contributed by atoms with van der Waals surface area (Å²) in [6.07, 6.45) is -2.67. The van der Waals surface area contributed by atoms with Gasteiger partial charge >= 0.3 is 12.1 Å². The van der Waals surface area contributed by atoms with Crippen LogP contribution in [0.4, 0.5) is 19.0 Å². The van der Waals surface area contributed by atoms with Crippen molar-refractivity contribution in [1.29, 1.82) is 0 Å². The summed E-state index contributed by atoms with van der Waals surface area (Å²) in [7, 11) is 0. The molecule has 1 unspecified atom stereocenters. The van der Waals surface area contributed by atoms with E-state index in [9.17, 15) is 18.0 Å². The van der Waals surface area contributed by atoms with Crippen molar-refractivity contribution in [2.24, 2.45) is 0 Å². The number of carbonyl (C=O) groups is 2. The smallest absolute Gasteiger partial charge is 0.475 e. The summed E-state index contributed by atoms with van der Waals surface area (Å²) in [6, 6.07) is 5.18. The lowest BCUT2D eigenvalue weighted by Gasteiger charge is -2.14. The third kappa shape index (κ3) is 6.11. The van der Waals surface area contributed by atoms with Gasteiger partial charge in [0.15, 0.2) is 17.3 Å². The highest BCUT2D eigenvalue weighted by molar-refractivity contribution is 6.35. The normalized spacial score (nSPS) is 15.1. The predicted molar refractivity (Wildman–Crippen MR) is 139 cm³/mol. The van der Waals surface area contributed by atoms with E-state index in [1.165, 1.54) is 0 Å². The molecule has 0 bridgehead atoms. The highest BCUT2D eigenvalue weighted by Gasteiger charge is 2.38. The number of alkyl halides is 3. The van der Waals surface area contributed by atoms with Crippen LogP contribution in [0.15, 0.2) is 29.0 Å². The maximum absolute atomic E-state index is 13.3. The Morgan fingerprint density at radius 2 is 1.90 bits per heavy atom. The lowest BCUT2D eigenvalue weighted by atomic mass is 10.1. The number of carbonyl (C=O) groups excluding carboxylic acids is 1. The van der Waals surface area contributed by atoms with Crippen molar-refractivity contribution >= 4 is 51.9 Å². The number of imidazole rings is 1. The van der Waals surface area contributed by atoms with Crippen LogP contribution < -0.4 is 16.4 Å². The first kappa shape index (κ1) is 29.0. The van der Waals surface area contributed by atoms with E-state index >= 15 is 0 Å². The van der Waals surface area contributed by atoms with Gasteiger partial charge in [-0.3, -0.25) is 9.78 Å². The zero-order valence-electron chi connectivity index (χ0n) is 20.6. The molecule has 1 saturated heterocycles. The number of nitrogens with zero attached hydrogens (tertiary/aromatic N) is 5. The van der Waals surface area contributed by atoms with E-state index in [1.54, 1.807) is 24.4 Å². The van der Waals surface area contributed by atoms with Crippen LogP contribution in [0.1, 0.15) is 23.7 Å². The molecule has 3 aromatic heterocycles. The molecule has 212 valence electrons. The summed E-state index contributed by atoms with van der Waals surface area (Å²) in [4.78, 5) is 31.5. The van der Waals surface area contributed by atoms with E-state index in [0.29, 0.717) is 50.3 Å². The number of amides is 1. The van der Waals surface area contributed by atoms with Gasteiger partial charge in [-0.05, 0) is 48.4 Å². The maximum atomic E-state index is 13.3. The van der Waals surface area contributed by atoms with Crippen LogP contribution in [0, 0.1) is 0 Å². The van der Waals surface area contributed by atoms with E-state index in [4.69, 9.17) is 48.4 Å². The summed E-state index contributed by atoms with van der Waals surface area (Å²) in [5.41, 5.74) is 8.92. The fourth-order valence-corrected chi connectivity index (χ4v) is 4.62. The molecule has 0 aliphatic carbocycles. The third-order valence-electron chi connectivity index (χ3n) is 5.83. The number of aliphatic carboxylic acids is 1. The first-order valence-electron chi connectivity index (χ1n) is 11.7. The molecule has 1 aromatic carbocycles. The summed E-state index contributed by atoms with van der Waals surface area (Å²) in [5.74, 6) is -2.47. The second-order valence-electron chi connectivity index (χ2n) is 8.52. The SMILES string of the molecule is CCn1c(-c2nonc2N)nc2c(-c3cc(Cl)cc(Cl)c3)ncc(C(=O)NC3CCNC3)c21.O=C(O)C(F)(F)F.